The summed E-state index contributed by atoms with van der Waals surface area (Å²) in [4.78, 5) is 20.7. The molecule has 0 amide bonds. The molecule has 0 saturated carbocycles. The molecule has 0 atom stereocenters. The molecule has 34 heavy (non-hydrogen) atoms. The lowest BCUT2D eigenvalue weighted by molar-refractivity contribution is 0.271. The van der Waals surface area contributed by atoms with Gasteiger partial charge in [-0.1, -0.05) is 12.1 Å². The van der Waals surface area contributed by atoms with Crippen molar-refractivity contribution in [3.63, 3.8) is 0 Å². The lowest BCUT2D eigenvalue weighted by Gasteiger charge is -2.12. The van der Waals surface area contributed by atoms with Crippen molar-refractivity contribution in [2.24, 2.45) is 0 Å². The summed E-state index contributed by atoms with van der Waals surface area (Å²) in [7, 11) is 1.52. The van der Waals surface area contributed by atoms with Crippen LogP contribution in [0, 0.1) is 0 Å². The summed E-state index contributed by atoms with van der Waals surface area (Å²) in [5.41, 5.74) is 7.73. The normalized spacial score (nSPS) is 10.9. The molecule has 0 radical (unpaired) electrons. The topological polar surface area (TPSA) is 119 Å². The molecule has 1 aromatic carbocycles. The Morgan fingerprint density at radius 3 is 2.65 bits per heavy atom. The average Bonchev–Trinajstić information content (AvgIpc) is 3.41. The Bertz CT molecular complexity index is 1500. The molecule has 0 spiro atoms. The fourth-order valence-electron chi connectivity index (χ4n) is 3.31. The maximum absolute atomic E-state index is 12.2. The lowest BCUT2D eigenvalue weighted by Crippen LogP contribution is -2.18. The van der Waals surface area contributed by atoms with E-state index in [2.05, 4.69) is 15.1 Å². The van der Waals surface area contributed by atoms with E-state index < -0.39 is 0 Å². The zero-order chi connectivity index (χ0) is 23.5. The van der Waals surface area contributed by atoms with Crippen LogP contribution < -0.4 is 25.5 Å². The van der Waals surface area contributed by atoms with Gasteiger partial charge in [0, 0.05) is 18.5 Å². The van der Waals surface area contributed by atoms with Crippen LogP contribution in [-0.4, -0.2) is 31.3 Å². The first-order valence-electron chi connectivity index (χ1n) is 10.3. The fourth-order valence-corrected chi connectivity index (χ4v) is 3.31. The molecule has 4 aromatic heterocycles. The van der Waals surface area contributed by atoms with Crippen molar-refractivity contribution < 1.29 is 14.2 Å². The third-order valence-electron chi connectivity index (χ3n) is 5.03. The van der Waals surface area contributed by atoms with E-state index in [1.807, 2.05) is 36.5 Å². The molecule has 0 bridgehead atoms. The lowest BCUT2D eigenvalue weighted by atomic mass is 10.2. The highest BCUT2D eigenvalue weighted by molar-refractivity contribution is 5.47. The van der Waals surface area contributed by atoms with E-state index >= 15 is 0 Å². The molecule has 5 aromatic rings. The number of pyridine rings is 2. The minimum absolute atomic E-state index is 0.0514. The second kappa shape index (κ2) is 8.94. The van der Waals surface area contributed by atoms with E-state index in [9.17, 15) is 4.79 Å². The van der Waals surface area contributed by atoms with Gasteiger partial charge in [-0.25, -0.2) is 14.6 Å². The monoisotopic (exact) mass is 456 g/mol. The number of nitrogens with two attached hydrogens (primary N) is 1. The van der Waals surface area contributed by atoms with Gasteiger partial charge in [0.1, 0.15) is 29.4 Å². The van der Waals surface area contributed by atoms with Crippen molar-refractivity contribution in [2.75, 3.05) is 12.8 Å². The van der Waals surface area contributed by atoms with Crippen LogP contribution in [0.15, 0.2) is 84.3 Å². The molecular weight excluding hydrogens is 436 g/mol. The number of ether oxygens (including phenoxy) is 3. The summed E-state index contributed by atoms with van der Waals surface area (Å²) < 4.78 is 20.2. The smallest absolute Gasteiger partial charge is 0.281 e. The SMILES string of the molecule is COc1cc(Oc2ccc3ncc(N)c(=O)n3c2)cnc1OCc1ccc(-n2cccn2)cc1. The van der Waals surface area contributed by atoms with Gasteiger partial charge in [-0.3, -0.25) is 9.20 Å². The minimum atomic E-state index is -0.368. The Morgan fingerprint density at radius 1 is 1.03 bits per heavy atom. The van der Waals surface area contributed by atoms with E-state index in [-0.39, 0.29) is 11.2 Å². The van der Waals surface area contributed by atoms with Crippen molar-refractivity contribution in [1.29, 1.82) is 0 Å². The quantitative estimate of drug-likeness (QED) is 0.396. The number of anilines is 1. The first-order chi connectivity index (χ1) is 16.6. The number of rotatable bonds is 7. The van der Waals surface area contributed by atoms with Crippen LogP contribution in [0.2, 0.25) is 0 Å². The Hall–Kier alpha value is -4.86. The highest BCUT2D eigenvalue weighted by Gasteiger charge is 2.11. The van der Waals surface area contributed by atoms with E-state index in [1.54, 1.807) is 29.1 Å². The van der Waals surface area contributed by atoms with Crippen LogP contribution in [0.25, 0.3) is 11.3 Å². The van der Waals surface area contributed by atoms with Gasteiger partial charge in [0.05, 0.1) is 31.4 Å². The molecule has 10 heteroatoms. The molecule has 0 unspecified atom stereocenters. The number of aromatic nitrogens is 5. The van der Waals surface area contributed by atoms with Gasteiger partial charge >= 0.3 is 0 Å². The average molecular weight is 456 g/mol. The van der Waals surface area contributed by atoms with E-state index in [0.29, 0.717) is 35.4 Å². The van der Waals surface area contributed by atoms with Crippen molar-refractivity contribution >= 4 is 11.3 Å². The zero-order valence-corrected chi connectivity index (χ0v) is 18.2. The van der Waals surface area contributed by atoms with Crippen LogP contribution in [-0.2, 0) is 6.61 Å². The highest BCUT2D eigenvalue weighted by Crippen LogP contribution is 2.31. The Morgan fingerprint density at radius 2 is 1.88 bits per heavy atom. The maximum Gasteiger partial charge on any atom is 0.281 e. The summed E-state index contributed by atoms with van der Waals surface area (Å²) >= 11 is 0. The molecule has 5 rings (SSSR count). The third-order valence-corrected chi connectivity index (χ3v) is 5.03. The van der Waals surface area contributed by atoms with Crippen LogP contribution in [0.5, 0.6) is 23.1 Å². The predicted octanol–water partition coefficient (Wildman–Crippen LogP) is 3.24. The van der Waals surface area contributed by atoms with Crippen LogP contribution in [0.3, 0.4) is 0 Å². The Balaban J connectivity index is 1.30. The summed E-state index contributed by atoms with van der Waals surface area (Å²) in [6.45, 7) is 0.310. The van der Waals surface area contributed by atoms with Gasteiger partial charge in [0.15, 0.2) is 5.75 Å². The molecule has 10 nitrogen and oxygen atoms in total. The number of nitrogen functional groups attached to an aromatic ring is 1. The fraction of sp³-hybridized carbons (Fsp3) is 0.0833. The number of methoxy groups -OCH3 is 1. The van der Waals surface area contributed by atoms with Gasteiger partial charge < -0.3 is 19.9 Å². The minimum Gasteiger partial charge on any atom is -0.491 e. The molecule has 0 saturated heterocycles. The van der Waals surface area contributed by atoms with Gasteiger partial charge in [0.25, 0.3) is 11.4 Å². The van der Waals surface area contributed by atoms with E-state index in [0.717, 1.165) is 11.3 Å². The molecule has 0 aliphatic heterocycles. The van der Waals surface area contributed by atoms with Gasteiger partial charge in [-0.15, -0.1) is 0 Å². The Labute approximate surface area is 193 Å². The van der Waals surface area contributed by atoms with Crippen LogP contribution >= 0.6 is 0 Å². The van der Waals surface area contributed by atoms with Crippen molar-refractivity contribution in [3.8, 4) is 28.8 Å². The number of hydrogen-bond acceptors (Lipinski definition) is 8. The Kier molecular flexibility index (Phi) is 5.53. The van der Waals surface area contributed by atoms with Crippen LogP contribution in [0.1, 0.15) is 5.56 Å². The summed E-state index contributed by atoms with van der Waals surface area (Å²) in [5.74, 6) is 1.57. The van der Waals surface area contributed by atoms with Gasteiger partial charge in [0.2, 0.25) is 0 Å². The van der Waals surface area contributed by atoms with Crippen molar-refractivity contribution in [2.45, 2.75) is 6.61 Å². The number of fused-ring (bicyclic) bond motifs is 1. The first kappa shape index (κ1) is 21.0. The number of nitrogens with zero attached hydrogens (tertiary/aromatic N) is 5. The molecule has 0 aliphatic carbocycles. The second-order valence-corrected chi connectivity index (χ2v) is 7.30. The molecule has 2 N–H and O–H groups in total. The van der Waals surface area contributed by atoms with Crippen molar-refractivity contribution in [1.82, 2.24) is 24.1 Å². The van der Waals surface area contributed by atoms with E-state index in [4.69, 9.17) is 19.9 Å². The maximum atomic E-state index is 12.2. The summed E-state index contributed by atoms with van der Waals surface area (Å²) in [6.07, 6.45) is 7.98. The molecule has 0 fully saturated rings. The zero-order valence-electron chi connectivity index (χ0n) is 18.2. The van der Waals surface area contributed by atoms with E-state index in [1.165, 1.54) is 30.1 Å². The highest BCUT2D eigenvalue weighted by atomic mass is 16.5. The molecular formula is C24H20N6O4. The molecule has 170 valence electrons. The number of hydrogen-bond donors (Lipinski definition) is 1. The first-order valence-corrected chi connectivity index (χ1v) is 10.3. The second-order valence-electron chi connectivity index (χ2n) is 7.30. The number of benzene rings is 1. The third kappa shape index (κ3) is 4.24. The van der Waals surface area contributed by atoms with Crippen LogP contribution in [0.4, 0.5) is 5.69 Å². The van der Waals surface area contributed by atoms with Gasteiger partial charge in [-0.2, -0.15) is 5.10 Å². The standard InChI is InChI=1S/C24H20N6O4/c1-32-21-11-19(34-18-7-8-22-26-13-20(25)24(31)29(22)14-18)12-27-23(21)33-15-16-3-5-17(6-4-16)30-10-2-9-28-30/h2-14H,15,25H2,1H3. The summed E-state index contributed by atoms with van der Waals surface area (Å²) in [6, 6.07) is 14.7. The molecule has 0 aliphatic rings. The molecule has 4 heterocycles. The predicted molar refractivity (Wildman–Crippen MR) is 125 cm³/mol. The van der Waals surface area contributed by atoms with Gasteiger partial charge in [-0.05, 0) is 35.9 Å². The largest absolute Gasteiger partial charge is 0.491 e. The van der Waals surface area contributed by atoms with Crippen molar-refractivity contribution in [3.05, 3.63) is 95.4 Å². The summed E-state index contributed by atoms with van der Waals surface area (Å²) in [5, 5.41) is 4.22.